The van der Waals surface area contributed by atoms with E-state index in [1.54, 1.807) is 0 Å². The highest BCUT2D eigenvalue weighted by atomic mass is 16.5. The molecule has 0 aliphatic carbocycles. The van der Waals surface area contributed by atoms with Crippen LogP contribution >= 0.6 is 0 Å². The number of hydrogen-bond acceptors (Lipinski definition) is 4. The Kier molecular flexibility index (Phi) is 3.42. The Balaban J connectivity index is 1.94. The maximum absolute atomic E-state index is 10.9. The van der Waals surface area contributed by atoms with Gasteiger partial charge in [0.05, 0.1) is 19.8 Å². The fourth-order valence-corrected chi connectivity index (χ4v) is 3.27. The third-order valence-corrected chi connectivity index (χ3v) is 4.31. The Hall–Kier alpha value is -1.55. The average molecular weight is 274 g/mol. The first kappa shape index (κ1) is 13.4. The van der Waals surface area contributed by atoms with Crippen LogP contribution in [-0.4, -0.2) is 45.7 Å². The minimum atomic E-state index is 0.113. The van der Waals surface area contributed by atoms with Gasteiger partial charge in [0.2, 0.25) is 0 Å². The van der Waals surface area contributed by atoms with Crippen LogP contribution in [0.2, 0.25) is 0 Å². The van der Waals surface area contributed by atoms with Crippen molar-refractivity contribution in [3.05, 3.63) is 23.8 Å². The van der Waals surface area contributed by atoms with Crippen molar-refractivity contribution in [3.8, 4) is 0 Å². The molecule has 0 amide bonds. The van der Waals surface area contributed by atoms with Crippen LogP contribution in [0, 0.1) is 0 Å². The third kappa shape index (κ3) is 2.29. The van der Waals surface area contributed by atoms with Gasteiger partial charge in [-0.3, -0.25) is 0 Å². The molecule has 0 N–H and O–H groups in total. The summed E-state index contributed by atoms with van der Waals surface area (Å²) in [5, 5.41) is 0. The van der Waals surface area contributed by atoms with Crippen LogP contribution in [0.5, 0.6) is 0 Å². The summed E-state index contributed by atoms with van der Waals surface area (Å²) < 4.78 is 5.41. The van der Waals surface area contributed by atoms with Crippen molar-refractivity contribution in [1.82, 2.24) is 0 Å². The maximum atomic E-state index is 10.9. The molecule has 1 aromatic carbocycles. The Morgan fingerprint density at radius 2 is 2.05 bits per heavy atom. The van der Waals surface area contributed by atoms with Crippen LogP contribution in [0.15, 0.2) is 18.2 Å². The van der Waals surface area contributed by atoms with E-state index >= 15 is 0 Å². The molecule has 2 aliphatic rings. The average Bonchev–Trinajstić information content (AvgIpc) is 2.71. The quantitative estimate of drug-likeness (QED) is 0.787. The molecule has 0 spiro atoms. The predicted molar refractivity (Wildman–Crippen MR) is 80.8 cm³/mol. The van der Waals surface area contributed by atoms with Crippen LogP contribution in [-0.2, 0) is 14.9 Å². The van der Waals surface area contributed by atoms with Crippen LogP contribution in [0.3, 0.4) is 0 Å². The van der Waals surface area contributed by atoms with Crippen LogP contribution in [0.4, 0.5) is 11.4 Å². The molecule has 1 saturated heterocycles. The molecule has 1 fully saturated rings. The van der Waals surface area contributed by atoms with Gasteiger partial charge in [0.15, 0.2) is 0 Å². The zero-order valence-electron chi connectivity index (χ0n) is 12.3. The smallest absolute Gasteiger partial charge is 0.139 e. The van der Waals surface area contributed by atoms with Gasteiger partial charge in [-0.15, -0.1) is 0 Å². The van der Waals surface area contributed by atoms with Gasteiger partial charge in [0.1, 0.15) is 6.29 Å². The molecule has 0 atom stereocenters. The molecule has 0 radical (unpaired) electrons. The second kappa shape index (κ2) is 5.09. The second-order valence-electron chi connectivity index (χ2n) is 6.23. The molecule has 3 rings (SSSR count). The van der Waals surface area contributed by atoms with Gasteiger partial charge >= 0.3 is 0 Å². The van der Waals surface area contributed by atoms with Crippen molar-refractivity contribution < 1.29 is 9.53 Å². The number of carbonyl (C=O) groups excluding carboxylic acids is 1. The normalized spacial score (nSPS) is 20.9. The summed E-state index contributed by atoms with van der Waals surface area (Å²) in [6.45, 7) is 9.33. The number of ether oxygens (including phenoxy) is 1. The summed E-state index contributed by atoms with van der Waals surface area (Å²) in [5.74, 6) is 0. The van der Waals surface area contributed by atoms with Crippen molar-refractivity contribution in [1.29, 1.82) is 0 Å². The summed E-state index contributed by atoms with van der Waals surface area (Å²) in [6.07, 6.45) is 0.993. The SMILES string of the molecule is CC1(C)CN(CC=O)c2cc(N3CCOCC3)ccc21. The number of carbonyl (C=O) groups is 1. The van der Waals surface area contributed by atoms with Gasteiger partial charge in [-0.05, 0) is 17.7 Å². The molecule has 2 heterocycles. The van der Waals surface area contributed by atoms with Gasteiger partial charge in [-0.25, -0.2) is 0 Å². The van der Waals surface area contributed by atoms with E-state index in [1.165, 1.54) is 16.9 Å². The van der Waals surface area contributed by atoms with E-state index in [1.807, 2.05) is 0 Å². The van der Waals surface area contributed by atoms with Crippen molar-refractivity contribution in [2.75, 3.05) is 49.2 Å². The lowest BCUT2D eigenvalue weighted by molar-refractivity contribution is -0.106. The van der Waals surface area contributed by atoms with Crippen molar-refractivity contribution >= 4 is 17.7 Å². The molecule has 0 bridgehead atoms. The first-order valence-corrected chi connectivity index (χ1v) is 7.28. The van der Waals surface area contributed by atoms with Gasteiger partial charge in [0, 0.05) is 36.4 Å². The van der Waals surface area contributed by atoms with Gasteiger partial charge in [-0.2, -0.15) is 0 Å². The first-order chi connectivity index (χ1) is 9.62. The van der Waals surface area contributed by atoms with Crippen molar-refractivity contribution in [2.24, 2.45) is 0 Å². The Morgan fingerprint density at radius 3 is 2.75 bits per heavy atom. The largest absolute Gasteiger partial charge is 0.378 e. The van der Waals surface area contributed by atoms with E-state index in [0.29, 0.717) is 6.54 Å². The van der Waals surface area contributed by atoms with E-state index in [2.05, 4.69) is 41.8 Å². The number of nitrogens with zero attached hydrogens (tertiary/aromatic N) is 2. The summed E-state index contributed by atoms with van der Waals surface area (Å²) in [5.41, 5.74) is 3.91. The molecule has 20 heavy (non-hydrogen) atoms. The number of rotatable bonds is 3. The van der Waals surface area contributed by atoms with E-state index in [4.69, 9.17) is 4.74 Å². The Labute approximate surface area is 120 Å². The van der Waals surface area contributed by atoms with Gasteiger partial charge in [0.25, 0.3) is 0 Å². The van der Waals surface area contributed by atoms with Crippen LogP contribution in [0.25, 0.3) is 0 Å². The van der Waals surface area contributed by atoms with E-state index in [-0.39, 0.29) is 5.41 Å². The maximum Gasteiger partial charge on any atom is 0.139 e. The minimum Gasteiger partial charge on any atom is -0.378 e. The minimum absolute atomic E-state index is 0.113. The molecule has 0 unspecified atom stereocenters. The second-order valence-corrected chi connectivity index (χ2v) is 6.23. The molecule has 0 saturated carbocycles. The lowest BCUT2D eigenvalue weighted by Gasteiger charge is -2.29. The molecular weight excluding hydrogens is 252 g/mol. The zero-order chi connectivity index (χ0) is 14.2. The number of morpholine rings is 1. The van der Waals surface area contributed by atoms with Crippen molar-refractivity contribution in [3.63, 3.8) is 0 Å². The highest BCUT2D eigenvalue weighted by Crippen LogP contribution is 2.42. The van der Waals surface area contributed by atoms with E-state index in [0.717, 1.165) is 39.1 Å². The fourth-order valence-electron chi connectivity index (χ4n) is 3.27. The summed E-state index contributed by atoms with van der Waals surface area (Å²) in [4.78, 5) is 15.4. The molecule has 4 heteroatoms. The number of hydrogen-bond donors (Lipinski definition) is 0. The highest BCUT2D eigenvalue weighted by molar-refractivity contribution is 5.72. The number of aldehydes is 1. The Bertz CT molecular complexity index is 507. The predicted octanol–water partition coefficient (Wildman–Crippen LogP) is 1.82. The molecule has 1 aromatic rings. The Morgan fingerprint density at radius 1 is 1.30 bits per heavy atom. The lowest BCUT2D eigenvalue weighted by atomic mass is 9.87. The van der Waals surface area contributed by atoms with Crippen LogP contribution in [0.1, 0.15) is 19.4 Å². The molecule has 2 aliphatic heterocycles. The first-order valence-electron chi connectivity index (χ1n) is 7.28. The van der Waals surface area contributed by atoms with Crippen LogP contribution < -0.4 is 9.80 Å². The third-order valence-electron chi connectivity index (χ3n) is 4.31. The summed E-state index contributed by atoms with van der Waals surface area (Å²) in [6, 6.07) is 6.67. The molecule has 0 aromatic heterocycles. The number of benzene rings is 1. The van der Waals surface area contributed by atoms with Gasteiger partial charge in [-0.1, -0.05) is 19.9 Å². The monoisotopic (exact) mass is 274 g/mol. The lowest BCUT2D eigenvalue weighted by Crippen LogP contribution is -2.36. The summed E-state index contributed by atoms with van der Waals surface area (Å²) >= 11 is 0. The molecule has 4 nitrogen and oxygen atoms in total. The number of anilines is 2. The van der Waals surface area contributed by atoms with Gasteiger partial charge < -0.3 is 19.3 Å². The zero-order valence-corrected chi connectivity index (χ0v) is 12.3. The topological polar surface area (TPSA) is 32.8 Å². The molecule has 108 valence electrons. The van der Waals surface area contributed by atoms with E-state index in [9.17, 15) is 4.79 Å². The fraction of sp³-hybridized carbons (Fsp3) is 0.562. The molecular formula is C16H22N2O2. The van der Waals surface area contributed by atoms with E-state index < -0.39 is 0 Å². The standard InChI is InChI=1S/C16H22N2O2/c1-16(2)12-18(5-8-19)15-11-13(3-4-14(15)16)17-6-9-20-10-7-17/h3-4,8,11H,5-7,9-10,12H2,1-2H3. The number of fused-ring (bicyclic) bond motifs is 1. The van der Waals surface area contributed by atoms with Crippen molar-refractivity contribution in [2.45, 2.75) is 19.3 Å². The highest BCUT2D eigenvalue weighted by Gasteiger charge is 2.35. The summed E-state index contributed by atoms with van der Waals surface area (Å²) in [7, 11) is 0.